The van der Waals surface area contributed by atoms with Crippen LogP contribution in [-0.2, 0) is 11.3 Å². The molecule has 0 aromatic heterocycles. The Kier molecular flexibility index (Phi) is 7.07. The summed E-state index contributed by atoms with van der Waals surface area (Å²) in [4.78, 5) is 15.1. The van der Waals surface area contributed by atoms with Crippen molar-refractivity contribution >= 4 is 17.6 Å². The Morgan fingerprint density at radius 1 is 0.625 bits per heavy atom. The van der Waals surface area contributed by atoms with Crippen LogP contribution in [0.1, 0.15) is 22.3 Å². The van der Waals surface area contributed by atoms with E-state index in [0.717, 1.165) is 27.8 Å². The molecule has 0 unspecified atom stereocenters. The van der Waals surface area contributed by atoms with Crippen LogP contribution in [0.4, 0.5) is 0 Å². The molecule has 0 spiro atoms. The average Bonchev–Trinajstić information content (AvgIpc) is 2.87. The van der Waals surface area contributed by atoms with Crippen molar-refractivity contribution in [3.8, 4) is 0 Å². The van der Waals surface area contributed by atoms with Gasteiger partial charge in [-0.2, -0.15) is 0 Å². The van der Waals surface area contributed by atoms with Crippen molar-refractivity contribution < 1.29 is 4.79 Å². The fourth-order valence-electron chi connectivity index (χ4n) is 3.50. The van der Waals surface area contributed by atoms with Crippen molar-refractivity contribution in [3.63, 3.8) is 0 Å². The Morgan fingerprint density at radius 2 is 1.09 bits per heavy atom. The molecule has 0 fully saturated rings. The quantitative estimate of drug-likeness (QED) is 0.303. The highest BCUT2D eigenvalue weighted by Gasteiger charge is 2.13. The van der Waals surface area contributed by atoms with Crippen LogP contribution in [0, 0.1) is 0 Å². The minimum atomic E-state index is -0.0675. The summed E-state index contributed by atoms with van der Waals surface area (Å²) >= 11 is 0. The van der Waals surface area contributed by atoms with Gasteiger partial charge in [0.05, 0.1) is 6.54 Å². The summed E-state index contributed by atoms with van der Waals surface area (Å²) in [6.07, 6.45) is 5.47. The van der Waals surface area contributed by atoms with Gasteiger partial charge in [-0.1, -0.05) is 121 Å². The first-order valence-corrected chi connectivity index (χ1v) is 10.7. The van der Waals surface area contributed by atoms with Gasteiger partial charge in [0.25, 0.3) is 5.91 Å². The third-order valence-corrected chi connectivity index (χ3v) is 5.15. The van der Waals surface area contributed by atoms with Crippen molar-refractivity contribution in [2.45, 2.75) is 6.54 Å². The van der Waals surface area contributed by atoms with Gasteiger partial charge in [-0.25, -0.2) is 0 Å². The summed E-state index contributed by atoms with van der Waals surface area (Å²) in [5.41, 5.74) is 5.21. The van der Waals surface area contributed by atoms with E-state index in [0.29, 0.717) is 6.54 Å². The second-order valence-electron chi connectivity index (χ2n) is 7.47. The molecule has 2 heteroatoms. The summed E-state index contributed by atoms with van der Waals surface area (Å²) in [5, 5.41) is 0. The van der Waals surface area contributed by atoms with Gasteiger partial charge in [-0.3, -0.25) is 4.79 Å². The van der Waals surface area contributed by atoms with E-state index in [1.807, 2.05) is 109 Å². The lowest BCUT2D eigenvalue weighted by Gasteiger charge is -2.20. The van der Waals surface area contributed by atoms with E-state index in [4.69, 9.17) is 0 Å². The highest BCUT2D eigenvalue weighted by molar-refractivity contribution is 5.94. The summed E-state index contributed by atoms with van der Waals surface area (Å²) in [6.45, 7) is 0.488. The molecular formula is C30H25NO. The molecule has 2 nitrogen and oxygen atoms in total. The van der Waals surface area contributed by atoms with E-state index in [-0.39, 0.29) is 5.91 Å². The minimum absolute atomic E-state index is 0.0675. The number of amides is 1. The maximum Gasteiger partial charge on any atom is 0.250 e. The number of benzene rings is 4. The molecule has 0 saturated heterocycles. The van der Waals surface area contributed by atoms with Crippen LogP contribution in [-0.4, -0.2) is 10.8 Å². The molecule has 156 valence electrons. The van der Waals surface area contributed by atoms with Crippen LogP contribution < -0.4 is 0 Å². The lowest BCUT2D eigenvalue weighted by molar-refractivity contribution is -0.123. The minimum Gasteiger partial charge on any atom is -0.310 e. The number of carbonyl (C=O) groups excluding carboxylic acids is 1. The Hall–Kier alpha value is -4.17. The molecule has 4 aromatic carbocycles. The lowest BCUT2D eigenvalue weighted by atomic mass is 9.98. The first-order valence-electron chi connectivity index (χ1n) is 10.7. The molecular weight excluding hydrogens is 390 g/mol. The summed E-state index contributed by atoms with van der Waals surface area (Å²) < 4.78 is 0. The van der Waals surface area contributed by atoms with Crippen molar-refractivity contribution in [3.05, 3.63) is 156 Å². The highest BCUT2D eigenvalue weighted by Crippen LogP contribution is 2.24. The zero-order valence-corrected chi connectivity index (χ0v) is 17.8. The molecule has 0 bridgehead atoms. The largest absolute Gasteiger partial charge is 0.310 e. The smallest absolute Gasteiger partial charge is 0.250 e. The van der Waals surface area contributed by atoms with Crippen molar-refractivity contribution in [2.75, 3.05) is 0 Å². The molecule has 0 aliphatic heterocycles. The number of hydrogen-bond donors (Lipinski definition) is 0. The van der Waals surface area contributed by atoms with Gasteiger partial charge in [0.15, 0.2) is 0 Å². The molecule has 32 heavy (non-hydrogen) atoms. The van der Waals surface area contributed by atoms with Gasteiger partial charge in [0, 0.05) is 17.8 Å². The summed E-state index contributed by atoms with van der Waals surface area (Å²) in [5.74, 6) is -0.0675. The monoisotopic (exact) mass is 415 g/mol. The first-order chi connectivity index (χ1) is 15.8. The topological polar surface area (TPSA) is 20.3 Å². The van der Waals surface area contributed by atoms with E-state index in [1.165, 1.54) is 0 Å². The van der Waals surface area contributed by atoms with Gasteiger partial charge in [0.1, 0.15) is 0 Å². The Bertz CT molecular complexity index is 1140. The molecule has 0 heterocycles. The third-order valence-electron chi connectivity index (χ3n) is 5.15. The first kappa shape index (κ1) is 21.1. The maximum atomic E-state index is 13.3. The molecule has 0 N–H and O–H groups in total. The standard InChI is InChI=1S/C30H25NO/c32-30(22-21-25-13-5-1-6-14-25)31(23-26-15-7-2-8-16-26)24-29(27-17-9-3-10-18-27)28-19-11-4-12-20-28/h1-22,24H,23H2/b22-21+. The molecule has 0 saturated carbocycles. The molecule has 4 rings (SSSR count). The van der Waals surface area contributed by atoms with Crippen LogP contribution in [0.5, 0.6) is 0 Å². The molecule has 0 radical (unpaired) electrons. The third kappa shape index (κ3) is 5.71. The number of nitrogens with zero attached hydrogens (tertiary/aromatic N) is 1. The van der Waals surface area contributed by atoms with Crippen molar-refractivity contribution in [2.24, 2.45) is 0 Å². The van der Waals surface area contributed by atoms with E-state index in [9.17, 15) is 4.79 Å². The summed E-state index contributed by atoms with van der Waals surface area (Å²) in [7, 11) is 0. The zero-order chi connectivity index (χ0) is 22.0. The fourth-order valence-corrected chi connectivity index (χ4v) is 3.50. The Labute approximate surface area is 189 Å². The van der Waals surface area contributed by atoms with Gasteiger partial charge in [-0.15, -0.1) is 0 Å². The van der Waals surface area contributed by atoms with E-state index < -0.39 is 0 Å². The van der Waals surface area contributed by atoms with Gasteiger partial charge < -0.3 is 4.90 Å². The second-order valence-corrected chi connectivity index (χ2v) is 7.47. The van der Waals surface area contributed by atoms with Gasteiger partial charge >= 0.3 is 0 Å². The Balaban J connectivity index is 1.73. The van der Waals surface area contributed by atoms with Crippen LogP contribution in [0.25, 0.3) is 11.6 Å². The maximum absolute atomic E-state index is 13.3. The normalized spacial score (nSPS) is 10.6. The highest BCUT2D eigenvalue weighted by atomic mass is 16.2. The molecule has 0 atom stereocenters. The predicted octanol–water partition coefficient (Wildman–Crippen LogP) is 6.82. The number of rotatable bonds is 7. The van der Waals surface area contributed by atoms with E-state index in [1.54, 1.807) is 11.0 Å². The second kappa shape index (κ2) is 10.7. The number of hydrogen-bond acceptors (Lipinski definition) is 1. The predicted molar refractivity (Wildman–Crippen MR) is 132 cm³/mol. The van der Waals surface area contributed by atoms with Crippen LogP contribution >= 0.6 is 0 Å². The molecule has 0 aliphatic carbocycles. The fraction of sp³-hybridized carbons (Fsp3) is 0.0333. The van der Waals surface area contributed by atoms with Crippen LogP contribution in [0.15, 0.2) is 134 Å². The van der Waals surface area contributed by atoms with E-state index in [2.05, 4.69) is 24.3 Å². The zero-order valence-electron chi connectivity index (χ0n) is 17.8. The van der Waals surface area contributed by atoms with Crippen LogP contribution in [0.3, 0.4) is 0 Å². The van der Waals surface area contributed by atoms with Gasteiger partial charge in [0.2, 0.25) is 0 Å². The van der Waals surface area contributed by atoms with Gasteiger partial charge in [-0.05, 0) is 28.3 Å². The molecule has 4 aromatic rings. The SMILES string of the molecule is O=C(/C=C/c1ccccc1)N(C=C(c1ccccc1)c1ccccc1)Cc1ccccc1. The van der Waals surface area contributed by atoms with E-state index >= 15 is 0 Å². The Morgan fingerprint density at radius 3 is 1.62 bits per heavy atom. The molecule has 0 aliphatic rings. The number of carbonyl (C=O) groups is 1. The molecule has 1 amide bonds. The average molecular weight is 416 g/mol. The lowest BCUT2D eigenvalue weighted by Crippen LogP contribution is -2.24. The van der Waals surface area contributed by atoms with Crippen LogP contribution in [0.2, 0.25) is 0 Å². The van der Waals surface area contributed by atoms with Crippen molar-refractivity contribution in [1.29, 1.82) is 0 Å². The van der Waals surface area contributed by atoms with Crippen molar-refractivity contribution in [1.82, 2.24) is 4.90 Å². The summed E-state index contributed by atoms with van der Waals surface area (Å²) in [6, 6.07) is 40.3.